The zero-order valence-electron chi connectivity index (χ0n) is 16.4. The Balaban J connectivity index is 1.98. The monoisotopic (exact) mass is 391 g/mol. The largest absolute Gasteiger partial charge is 0.408 e. The van der Waals surface area contributed by atoms with Crippen LogP contribution >= 0.6 is 0 Å². The maximum absolute atomic E-state index is 13.2. The van der Waals surface area contributed by atoms with Gasteiger partial charge in [-0.3, -0.25) is 4.79 Å². The van der Waals surface area contributed by atoms with Gasteiger partial charge in [0.05, 0.1) is 22.6 Å². The first kappa shape index (κ1) is 19.5. The molecule has 0 saturated carbocycles. The molecule has 1 fully saturated rings. The van der Waals surface area contributed by atoms with Gasteiger partial charge in [0.2, 0.25) is 5.91 Å². The molecular formula is C20H29NO3SSi. The Hall–Kier alpha value is -1.24. The predicted octanol–water partition coefficient (Wildman–Crippen LogP) is 4.42. The molecule has 142 valence electrons. The number of rotatable bonds is 4. The van der Waals surface area contributed by atoms with E-state index in [-0.39, 0.29) is 17.0 Å². The molecule has 0 radical (unpaired) electrons. The molecule has 6 heteroatoms. The molecule has 0 aliphatic carbocycles. The summed E-state index contributed by atoms with van der Waals surface area (Å²) in [6, 6.07) is 9.51. The highest BCUT2D eigenvalue weighted by Crippen LogP contribution is 2.42. The van der Waals surface area contributed by atoms with Gasteiger partial charge in [-0.25, -0.2) is 4.21 Å². The Labute approximate surface area is 160 Å². The second kappa shape index (κ2) is 7.06. The van der Waals surface area contributed by atoms with Crippen molar-refractivity contribution >= 4 is 25.0 Å². The van der Waals surface area contributed by atoms with Gasteiger partial charge in [0.1, 0.15) is 0 Å². The van der Waals surface area contributed by atoms with E-state index in [2.05, 4.69) is 33.9 Å². The van der Waals surface area contributed by atoms with Crippen LogP contribution < -0.4 is 0 Å². The predicted molar refractivity (Wildman–Crippen MR) is 108 cm³/mol. The van der Waals surface area contributed by atoms with Crippen LogP contribution in [0, 0.1) is 0 Å². The first-order valence-electron chi connectivity index (χ1n) is 9.30. The number of amides is 1. The Kier molecular flexibility index (Phi) is 5.30. The molecule has 0 aromatic heterocycles. The van der Waals surface area contributed by atoms with Gasteiger partial charge in [0, 0.05) is 29.2 Å². The molecule has 2 aliphatic rings. The van der Waals surface area contributed by atoms with E-state index in [1.165, 1.54) is 0 Å². The average molecular weight is 392 g/mol. The first-order chi connectivity index (χ1) is 12.1. The number of carbonyl (C=O) groups excluding carboxylic acids is 1. The van der Waals surface area contributed by atoms with Crippen LogP contribution in [0.2, 0.25) is 18.1 Å². The minimum Gasteiger partial charge on any atom is -0.408 e. The van der Waals surface area contributed by atoms with Crippen molar-refractivity contribution < 1.29 is 13.4 Å². The van der Waals surface area contributed by atoms with Gasteiger partial charge in [0.25, 0.3) is 0 Å². The number of fused-ring (bicyclic) bond motifs is 1. The van der Waals surface area contributed by atoms with E-state index in [0.717, 1.165) is 15.5 Å². The van der Waals surface area contributed by atoms with Gasteiger partial charge >= 0.3 is 0 Å². The van der Waals surface area contributed by atoms with Crippen LogP contribution in [0.25, 0.3) is 0 Å². The van der Waals surface area contributed by atoms with Crippen LogP contribution in [0.1, 0.15) is 40.0 Å². The first-order valence-corrected chi connectivity index (χ1v) is 13.4. The third kappa shape index (κ3) is 3.59. The fraction of sp³-hybridized carbons (Fsp3) is 0.550. The van der Waals surface area contributed by atoms with Gasteiger partial charge in [-0.1, -0.05) is 39.0 Å². The van der Waals surface area contributed by atoms with Crippen molar-refractivity contribution in [3.8, 4) is 0 Å². The third-order valence-electron chi connectivity index (χ3n) is 5.79. The number of piperidine rings is 1. The Morgan fingerprint density at radius 2 is 1.81 bits per heavy atom. The Morgan fingerprint density at radius 1 is 1.15 bits per heavy atom. The molecule has 4 nitrogen and oxygen atoms in total. The normalized spacial score (nSPS) is 22.6. The number of nitrogens with zero attached hydrogens (tertiary/aromatic N) is 1. The summed E-state index contributed by atoms with van der Waals surface area (Å²) in [4.78, 5) is 15.9. The quantitative estimate of drug-likeness (QED) is 0.714. The summed E-state index contributed by atoms with van der Waals surface area (Å²) in [5.74, 6) is 0.134. The smallest absolute Gasteiger partial charge is 0.226 e. The van der Waals surface area contributed by atoms with E-state index in [4.69, 9.17) is 4.43 Å². The fourth-order valence-corrected chi connectivity index (χ4v) is 5.96. The summed E-state index contributed by atoms with van der Waals surface area (Å²) in [6.45, 7) is 11.7. The van der Waals surface area contributed by atoms with Gasteiger partial charge in [-0.15, -0.1) is 0 Å². The zero-order chi connectivity index (χ0) is 19.1. The molecule has 0 unspecified atom stereocenters. The summed E-state index contributed by atoms with van der Waals surface area (Å²) in [6.07, 6.45) is 1.74. The van der Waals surface area contributed by atoms with E-state index in [9.17, 15) is 9.00 Å². The lowest BCUT2D eigenvalue weighted by Gasteiger charge is -2.42. The van der Waals surface area contributed by atoms with Crippen LogP contribution in [0.5, 0.6) is 0 Å². The van der Waals surface area contributed by atoms with E-state index >= 15 is 0 Å². The van der Waals surface area contributed by atoms with E-state index in [0.29, 0.717) is 25.8 Å². The van der Waals surface area contributed by atoms with E-state index in [1.807, 2.05) is 35.2 Å². The SMILES string of the molecule is CC(C)(C)[Si](C)(C)O[C@H]1CCC(=O)N2CCC([S@@](=O)c3ccccc3)=C12. The van der Waals surface area contributed by atoms with Gasteiger partial charge in [-0.05, 0) is 36.7 Å². The summed E-state index contributed by atoms with van der Waals surface area (Å²) in [5.41, 5.74) is 0.883. The average Bonchev–Trinajstić information content (AvgIpc) is 3.02. The highest BCUT2D eigenvalue weighted by molar-refractivity contribution is 7.89. The van der Waals surface area contributed by atoms with Gasteiger partial charge < -0.3 is 9.33 Å². The summed E-state index contributed by atoms with van der Waals surface area (Å²) in [7, 11) is -3.23. The lowest BCUT2D eigenvalue weighted by Crippen LogP contribution is -2.48. The molecule has 2 atom stereocenters. The van der Waals surface area contributed by atoms with Crippen LogP contribution in [0.15, 0.2) is 45.8 Å². The number of benzene rings is 1. The Bertz CT molecular complexity index is 752. The molecule has 1 saturated heterocycles. The standard InChI is InChI=1S/C20H29NO3SSi/c1-20(2,3)26(4,5)24-16-11-12-18(22)21-14-13-17(19(16)21)25(23)15-9-7-6-8-10-15/h6-10,16H,11-14H2,1-5H3/t16-,25-/m0/s1. The number of carbonyl (C=O) groups is 1. The van der Waals surface area contributed by atoms with Crippen molar-refractivity contribution in [1.29, 1.82) is 0 Å². The van der Waals surface area contributed by atoms with Crippen LogP contribution in [0.4, 0.5) is 0 Å². The molecule has 0 spiro atoms. The second-order valence-corrected chi connectivity index (χ2v) is 14.8. The summed E-state index contributed by atoms with van der Waals surface area (Å²) >= 11 is 0. The van der Waals surface area contributed by atoms with Crippen molar-refractivity contribution in [3.05, 3.63) is 40.9 Å². The maximum atomic E-state index is 13.2. The van der Waals surface area contributed by atoms with Crippen molar-refractivity contribution in [3.63, 3.8) is 0 Å². The number of hydrogen-bond donors (Lipinski definition) is 0. The molecular weight excluding hydrogens is 362 g/mol. The minimum atomic E-state index is -1.99. The molecule has 1 aromatic carbocycles. The lowest BCUT2D eigenvalue weighted by atomic mass is 10.1. The highest BCUT2D eigenvalue weighted by Gasteiger charge is 2.45. The molecule has 1 aromatic rings. The maximum Gasteiger partial charge on any atom is 0.226 e. The lowest BCUT2D eigenvalue weighted by molar-refractivity contribution is -0.132. The molecule has 26 heavy (non-hydrogen) atoms. The second-order valence-electron chi connectivity index (χ2n) is 8.59. The minimum absolute atomic E-state index is 0.0944. The molecule has 2 heterocycles. The van der Waals surface area contributed by atoms with Crippen molar-refractivity contribution in [2.45, 2.75) is 69.2 Å². The van der Waals surface area contributed by atoms with Crippen LogP contribution in [0.3, 0.4) is 0 Å². The molecule has 0 bridgehead atoms. The third-order valence-corrected chi connectivity index (χ3v) is 11.8. The van der Waals surface area contributed by atoms with Crippen LogP contribution in [-0.4, -0.2) is 36.0 Å². The van der Waals surface area contributed by atoms with Gasteiger partial charge in [0.15, 0.2) is 8.32 Å². The van der Waals surface area contributed by atoms with Crippen molar-refractivity contribution in [2.24, 2.45) is 0 Å². The van der Waals surface area contributed by atoms with Crippen molar-refractivity contribution in [1.82, 2.24) is 4.90 Å². The fourth-order valence-electron chi connectivity index (χ4n) is 3.27. The molecule has 2 aliphatic heterocycles. The summed E-state index contributed by atoms with van der Waals surface area (Å²) < 4.78 is 19.9. The summed E-state index contributed by atoms with van der Waals surface area (Å²) in [5, 5.41) is 0.0944. The van der Waals surface area contributed by atoms with E-state index in [1.54, 1.807) is 0 Å². The highest BCUT2D eigenvalue weighted by atomic mass is 32.2. The Morgan fingerprint density at radius 3 is 2.42 bits per heavy atom. The zero-order valence-corrected chi connectivity index (χ0v) is 18.2. The number of hydrogen-bond acceptors (Lipinski definition) is 3. The molecule has 0 N–H and O–H groups in total. The van der Waals surface area contributed by atoms with Crippen molar-refractivity contribution in [2.75, 3.05) is 6.54 Å². The molecule has 3 rings (SSSR count). The molecule has 1 amide bonds. The topological polar surface area (TPSA) is 46.6 Å². The van der Waals surface area contributed by atoms with Gasteiger partial charge in [-0.2, -0.15) is 0 Å². The van der Waals surface area contributed by atoms with Crippen LogP contribution in [-0.2, 0) is 20.0 Å². The van der Waals surface area contributed by atoms with E-state index < -0.39 is 19.1 Å².